The Bertz CT molecular complexity index is 1280. The molecule has 0 atom stereocenters. The minimum absolute atomic E-state index is 0.0831. The van der Waals surface area contributed by atoms with Crippen LogP contribution < -0.4 is 15.0 Å². The van der Waals surface area contributed by atoms with Gasteiger partial charge in [0, 0.05) is 66.5 Å². The van der Waals surface area contributed by atoms with Gasteiger partial charge in [0.15, 0.2) is 6.61 Å². The number of fused-ring (bicyclic) bond motifs is 2. The van der Waals surface area contributed by atoms with Gasteiger partial charge in [-0.2, -0.15) is 5.10 Å². The number of likely N-dealkylation sites (tertiary alicyclic amines) is 1. The van der Waals surface area contributed by atoms with Crippen LogP contribution in [0, 0.1) is 6.92 Å². The molecule has 0 bridgehead atoms. The van der Waals surface area contributed by atoms with E-state index in [1.807, 2.05) is 17.0 Å². The molecule has 1 aromatic heterocycles. The third-order valence-corrected chi connectivity index (χ3v) is 8.48. The second-order valence-electron chi connectivity index (χ2n) is 10.3. The maximum atomic E-state index is 12.8. The number of piperidine rings is 1. The molecule has 1 amide bonds. The quantitative estimate of drug-likeness (QED) is 0.476. The van der Waals surface area contributed by atoms with Gasteiger partial charge < -0.3 is 19.9 Å². The molecule has 3 aliphatic heterocycles. The van der Waals surface area contributed by atoms with Crippen molar-refractivity contribution in [1.82, 2.24) is 20.0 Å². The van der Waals surface area contributed by atoms with E-state index in [-0.39, 0.29) is 18.6 Å². The molecule has 1 fully saturated rings. The van der Waals surface area contributed by atoms with Crippen LogP contribution in [0.2, 0.25) is 0 Å². The van der Waals surface area contributed by atoms with Crippen molar-refractivity contribution in [1.29, 1.82) is 0 Å². The Hall–Kier alpha value is -2.68. The molecular weight excluding hydrogens is 530 g/mol. The highest BCUT2D eigenvalue weighted by Gasteiger charge is 2.34. The van der Waals surface area contributed by atoms with Crippen LogP contribution in [0.25, 0.3) is 11.3 Å². The number of aromatic nitrogens is 2. The van der Waals surface area contributed by atoms with Crippen molar-refractivity contribution in [3.8, 4) is 17.0 Å². The third kappa shape index (κ3) is 4.94. The largest absolute Gasteiger partial charge is 0.482 e. The lowest BCUT2D eigenvalue weighted by Gasteiger charge is -2.41. The SMILES string of the molecule is Cc1cccc2c1N(C1CCN(CCCn3nc(-c4ccc(Br)cc4)c4c3CCNC4)CC1)C(=O)CO2. The smallest absolute Gasteiger partial charge is 0.265 e. The van der Waals surface area contributed by atoms with Crippen LogP contribution in [0.3, 0.4) is 0 Å². The lowest BCUT2D eigenvalue weighted by Crippen LogP contribution is -2.51. The molecule has 37 heavy (non-hydrogen) atoms. The number of halogens is 1. The molecule has 3 aromatic rings. The van der Waals surface area contributed by atoms with E-state index in [0.717, 1.165) is 92.1 Å². The van der Waals surface area contributed by atoms with Gasteiger partial charge in [-0.05, 0) is 56.5 Å². The number of anilines is 1. The summed E-state index contributed by atoms with van der Waals surface area (Å²) in [5.74, 6) is 0.919. The minimum Gasteiger partial charge on any atom is -0.482 e. The average Bonchev–Trinajstić information content (AvgIpc) is 3.29. The van der Waals surface area contributed by atoms with Crippen molar-refractivity contribution in [2.24, 2.45) is 0 Å². The van der Waals surface area contributed by atoms with Crippen molar-refractivity contribution < 1.29 is 9.53 Å². The number of para-hydroxylation sites is 1. The van der Waals surface area contributed by atoms with Crippen molar-refractivity contribution in [2.45, 2.75) is 51.7 Å². The molecule has 194 valence electrons. The number of benzene rings is 2. The normalized spacial score (nSPS) is 18.4. The van der Waals surface area contributed by atoms with E-state index in [1.54, 1.807) is 0 Å². The number of hydrogen-bond donors (Lipinski definition) is 1. The average molecular weight is 565 g/mol. The van der Waals surface area contributed by atoms with E-state index in [0.29, 0.717) is 0 Å². The zero-order valence-electron chi connectivity index (χ0n) is 21.4. The fourth-order valence-corrected chi connectivity index (χ4v) is 6.33. The third-order valence-electron chi connectivity index (χ3n) is 7.95. The van der Waals surface area contributed by atoms with E-state index in [4.69, 9.17) is 9.84 Å². The summed E-state index contributed by atoms with van der Waals surface area (Å²) in [6.07, 6.45) is 4.09. The molecule has 0 aliphatic carbocycles. The number of aryl methyl sites for hydroxylation is 2. The summed E-state index contributed by atoms with van der Waals surface area (Å²) in [5, 5.41) is 8.59. The number of carbonyl (C=O) groups is 1. The fraction of sp³-hybridized carbons (Fsp3) is 0.448. The summed E-state index contributed by atoms with van der Waals surface area (Å²) < 4.78 is 9.06. The molecule has 3 aliphatic rings. The summed E-state index contributed by atoms with van der Waals surface area (Å²) in [5.41, 5.74) is 7.10. The Morgan fingerprint density at radius 2 is 1.92 bits per heavy atom. The van der Waals surface area contributed by atoms with E-state index in [1.165, 1.54) is 16.8 Å². The van der Waals surface area contributed by atoms with Crippen LogP contribution in [-0.2, 0) is 24.3 Å². The first kappa shape index (κ1) is 24.6. The van der Waals surface area contributed by atoms with Crippen molar-refractivity contribution in [2.75, 3.05) is 37.7 Å². The van der Waals surface area contributed by atoms with Gasteiger partial charge >= 0.3 is 0 Å². The lowest BCUT2D eigenvalue weighted by molar-refractivity contribution is -0.122. The molecule has 1 saturated heterocycles. The first-order valence-electron chi connectivity index (χ1n) is 13.4. The Morgan fingerprint density at radius 1 is 1.11 bits per heavy atom. The van der Waals surface area contributed by atoms with Gasteiger partial charge in [0.25, 0.3) is 5.91 Å². The summed E-state index contributed by atoms with van der Waals surface area (Å²) >= 11 is 3.54. The molecule has 7 nitrogen and oxygen atoms in total. The molecule has 6 rings (SSSR count). The predicted octanol–water partition coefficient (Wildman–Crippen LogP) is 4.55. The van der Waals surface area contributed by atoms with Gasteiger partial charge in [0.1, 0.15) is 5.75 Å². The van der Waals surface area contributed by atoms with Crippen LogP contribution in [0.4, 0.5) is 5.69 Å². The number of hydrogen-bond acceptors (Lipinski definition) is 5. The molecule has 0 spiro atoms. The number of carbonyl (C=O) groups excluding carboxylic acids is 1. The van der Waals surface area contributed by atoms with Crippen molar-refractivity contribution in [3.63, 3.8) is 0 Å². The molecule has 2 aromatic carbocycles. The standard InChI is InChI=1S/C29H34BrN5O2/c1-20-4-2-5-26-29(20)35(27(36)19-37-26)23-11-16-33(17-12-23)14-3-15-34-25-10-13-31-18-24(25)28(32-34)21-6-8-22(30)9-7-21/h2,4-9,23,31H,3,10-19H2,1H3. The fourth-order valence-electron chi connectivity index (χ4n) is 6.07. The van der Waals surface area contributed by atoms with E-state index in [9.17, 15) is 4.79 Å². The molecule has 0 radical (unpaired) electrons. The van der Waals surface area contributed by atoms with Crippen LogP contribution in [0.1, 0.15) is 36.1 Å². The van der Waals surface area contributed by atoms with Crippen LogP contribution in [-0.4, -0.2) is 59.4 Å². The Labute approximate surface area is 226 Å². The van der Waals surface area contributed by atoms with Gasteiger partial charge in [-0.1, -0.05) is 40.2 Å². The second kappa shape index (κ2) is 10.6. The van der Waals surface area contributed by atoms with Gasteiger partial charge in [-0.25, -0.2) is 0 Å². The van der Waals surface area contributed by atoms with E-state index >= 15 is 0 Å². The van der Waals surface area contributed by atoms with Gasteiger partial charge in [0.05, 0.1) is 11.4 Å². The summed E-state index contributed by atoms with van der Waals surface area (Å²) in [4.78, 5) is 17.4. The van der Waals surface area contributed by atoms with Crippen LogP contribution >= 0.6 is 15.9 Å². The highest BCUT2D eigenvalue weighted by atomic mass is 79.9. The second-order valence-corrected chi connectivity index (χ2v) is 11.2. The lowest BCUT2D eigenvalue weighted by atomic mass is 9.99. The van der Waals surface area contributed by atoms with Crippen molar-refractivity contribution >= 4 is 27.5 Å². The summed E-state index contributed by atoms with van der Waals surface area (Å²) in [7, 11) is 0. The number of nitrogens with zero attached hydrogens (tertiary/aromatic N) is 4. The Kier molecular flexibility index (Phi) is 7.06. The first-order valence-corrected chi connectivity index (χ1v) is 14.2. The maximum Gasteiger partial charge on any atom is 0.265 e. The monoisotopic (exact) mass is 563 g/mol. The van der Waals surface area contributed by atoms with Crippen LogP contribution in [0.5, 0.6) is 5.75 Å². The molecular formula is C29H34BrN5O2. The molecule has 0 saturated carbocycles. The van der Waals surface area contributed by atoms with Crippen molar-refractivity contribution in [3.05, 3.63) is 63.8 Å². The zero-order valence-corrected chi connectivity index (χ0v) is 23.0. The van der Waals surface area contributed by atoms with E-state index in [2.05, 4.69) is 68.1 Å². The number of amides is 1. The number of rotatable bonds is 6. The number of nitrogens with one attached hydrogen (secondary N) is 1. The van der Waals surface area contributed by atoms with Gasteiger partial charge in [-0.3, -0.25) is 9.48 Å². The molecule has 0 unspecified atom stereocenters. The van der Waals surface area contributed by atoms with Gasteiger partial charge in [-0.15, -0.1) is 0 Å². The summed E-state index contributed by atoms with van der Waals surface area (Å²) in [6.45, 7) is 8.13. The van der Waals surface area contributed by atoms with Gasteiger partial charge in [0.2, 0.25) is 0 Å². The van der Waals surface area contributed by atoms with Crippen LogP contribution in [0.15, 0.2) is 46.9 Å². The topological polar surface area (TPSA) is 62.6 Å². The number of ether oxygens (including phenoxy) is 1. The molecule has 4 heterocycles. The summed E-state index contributed by atoms with van der Waals surface area (Å²) in [6, 6.07) is 14.8. The van der Waals surface area contributed by atoms with E-state index < -0.39 is 0 Å². The highest BCUT2D eigenvalue weighted by Crippen LogP contribution is 2.38. The Balaban J connectivity index is 1.08. The molecule has 8 heteroatoms. The maximum absolute atomic E-state index is 12.8. The Morgan fingerprint density at radius 3 is 2.73 bits per heavy atom. The molecule has 1 N–H and O–H groups in total. The minimum atomic E-state index is 0.0831. The predicted molar refractivity (Wildman–Crippen MR) is 149 cm³/mol. The first-order chi connectivity index (χ1) is 18.1. The zero-order chi connectivity index (χ0) is 25.4. The highest BCUT2D eigenvalue weighted by molar-refractivity contribution is 9.10.